The van der Waals surface area contributed by atoms with Gasteiger partial charge in [-0.05, 0) is 23.8 Å². The summed E-state index contributed by atoms with van der Waals surface area (Å²) in [4.78, 5) is 0. The minimum atomic E-state index is -0.418. The van der Waals surface area contributed by atoms with Gasteiger partial charge in [-0.2, -0.15) is 0 Å². The van der Waals surface area contributed by atoms with E-state index in [1.807, 2.05) is 18.2 Å². The largest absolute Gasteiger partial charge is 0.396 e. The molecule has 102 valence electrons. The fourth-order valence-electron chi connectivity index (χ4n) is 2.64. The summed E-state index contributed by atoms with van der Waals surface area (Å²) in [7, 11) is 0. The van der Waals surface area contributed by atoms with Gasteiger partial charge in [-0.1, -0.05) is 57.5 Å². The molecule has 1 aromatic carbocycles. The standard InChI is InChI=1S/C16H26O2/c1-4-8-15(18)14(12-17)16(2,3)11-13-9-6-5-7-10-13/h5-7,9-10,14-15,17-18H,4,8,11-12H2,1-3H3. The van der Waals surface area contributed by atoms with E-state index in [4.69, 9.17) is 0 Å². The normalized spacial score (nSPS) is 15.4. The van der Waals surface area contributed by atoms with Gasteiger partial charge in [-0.15, -0.1) is 0 Å². The van der Waals surface area contributed by atoms with E-state index in [2.05, 4.69) is 32.9 Å². The van der Waals surface area contributed by atoms with Crippen LogP contribution >= 0.6 is 0 Å². The SMILES string of the molecule is CCCC(O)C(CO)C(C)(C)Cc1ccccc1. The van der Waals surface area contributed by atoms with Crippen molar-refractivity contribution in [3.63, 3.8) is 0 Å². The van der Waals surface area contributed by atoms with E-state index in [0.717, 1.165) is 19.3 Å². The van der Waals surface area contributed by atoms with Crippen LogP contribution < -0.4 is 0 Å². The number of hydrogen-bond acceptors (Lipinski definition) is 2. The minimum absolute atomic E-state index is 0.0427. The summed E-state index contributed by atoms with van der Waals surface area (Å²) in [6, 6.07) is 10.3. The van der Waals surface area contributed by atoms with Crippen LogP contribution in [0.4, 0.5) is 0 Å². The molecule has 0 radical (unpaired) electrons. The Hall–Kier alpha value is -0.860. The lowest BCUT2D eigenvalue weighted by Gasteiger charge is -2.36. The van der Waals surface area contributed by atoms with Gasteiger partial charge in [0.1, 0.15) is 0 Å². The summed E-state index contributed by atoms with van der Waals surface area (Å²) >= 11 is 0. The minimum Gasteiger partial charge on any atom is -0.396 e. The van der Waals surface area contributed by atoms with Crippen molar-refractivity contribution in [2.75, 3.05) is 6.61 Å². The topological polar surface area (TPSA) is 40.5 Å². The van der Waals surface area contributed by atoms with Gasteiger partial charge in [0.25, 0.3) is 0 Å². The van der Waals surface area contributed by atoms with Crippen LogP contribution in [0.25, 0.3) is 0 Å². The molecule has 0 aromatic heterocycles. The molecule has 0 aliphatic rings. The molecule has 0 saturated heterocycles. The van der Waals surface area contributed by atoms with Gasteiger partial charge in [-0.3, -0.25) is 0 Å². The molecule has 2 unspecified atom stereocenters. The van der Waals surface area contributed by atoms with Crippen LogP contribution in [0.5, 0.6) is 0 Å². The highest BCUT2D eigenvalue weighted by Gasteiger charge is 2.34. The molecule has 2 nitrogen and oxygen atoms in total. The monoisotopic (exact) mass is 250 g/mol. The molecule has 18 heavy (non-hydrogen) atoms. The van der Waals surface area contributed by atoms with Crippen LogP contribution in [0.15, 0.2) is 30.3 Å². The van der Waals surface area contributed by atoms with E-state index in [1.54, 1.807) is 0 Å². The molecular weight excluding hydrogens is 224 g/mol. The fraction of sp³-hybridized carbons (Fsp3) is 0.625. The summed E-state index contributed by atoms with van der Waals surface area (Å²) in [5, 5.41) is 19.7. The maximum Gasteiger partial charge on any atom is 0.0595 e. The highest BCUT2D eigenvalue weighted by molar-refractivity contribution is 5.16. The van der Waals surface area contributed by atoms with Crippen molar-refractivity contribution in [3.05, 3.63) is 35.9 Å². The molecule has 0 spiro atoms. The van der Waals surface area contributed by atoms with Gasteiger partial charge in [0.05, 0.1) is 6.10 Å². The van der Waals surface area contributed by atoms with Crippen molar-refractivity contribution in [3.8, 4) is 0 Å². The first-order valence-corrected chi connectivity index (χ1v) is 6.84. The van der Waals surface area contributed by atoms with Crippen molar-refractivity contribution in [2.45, 2.75) is 46.1 Å². The number of hydrogen-bond donors (Lipinski definition) is 2. The molecule has 1 rings (SSSR count). The van der Waals surface area contributed by atoms with E-state index < -0.39 is 6.10 Å². The number of rotatable bonds is 7. The van der Waals surface area contributed by atoms with E-state index >= 15 is 0 Å². The lowest BCUT2D eigenvalue weighted by atomic mass is 9.71. The Kier molecular flexibility index (Phi) is 5.83. The molecule has 0 amide bonds. The maximum atomic E-state index is 10.2. The van der Waals surface area contributed by atoms with E-state index in [1.165, 1.54) is 5.56 Å². The zero-order valence-corrected chi connectivity index (χ0v) is 11.8. The van der Waals surface area contributed by atoms with Crippen LogP contribution in [0, 0.1) is 11.3 Å². The van der Waals surface area contributed by atoms with Crippen LogP contribution in [-0.2, 0) is 6.42 Å². The van der Waals surface area contributed by atoms with Crippen molar-refractivity contribution >= 4 is 0 Å². The Balaban J connectivity index is 2.76. The molecule has 0 heterocycles. The summed E-state index contributed by atoms with van der Waals surface area (Å²) in [6.07, 6.45) is 2.15. The van der Waals surface area contributed by atoms with Gasteiger partial charge in [0.15, 0.2) is 0 Å². The number of aliphatic hydroxyl groups excluding tert-OH is 2. The first-order chi connectivity index (χ1) is 8.51. The first-order valence-electron chi connectivity index (χ1n) is 6.84. The van der Waals surface area contributed by atoms with Crippen LogP contribution in [0.1, 0.15) is 39.2 Å². The molecule has 2 atom stereocenters. The Bertz CT molecular complexity index is 332. The highest BCUT2D eigenvalue weighted by Crippen LogP contribution is 2.34. The van der Waals surface area contributed by atoms with Crippen LogP contribution in [0.2, 0.25) is 0 Å². The fourth-order valence-corrected chi connectivity index (χ4v) is 2.64. The lowest BCUT2D eigenvalue weighted by Crippen LogP contribution is -2.38. The summed E-state index contributed by atoms with van der Waals surface area (Å²) in [5.41, 5.74) is 1.15. The number of aliphatic hydroxyl groups is 2. The Morgan fingerprint density at radius 2 is 1.78 bits per heavy atom. The van der Waals surface area contributed by atoms with E-state index in [-0.39, 0.29) is 17.9 Å². The molecule has 0 aliphatic carbocycles. The molecule has 0 bridgehead atoms. The molecule has 0 fully saturated rings. The quantitative estimate of drug-likeness (QED) is 0.781. The van der Waals surface area contributed by atoms with Gasteiger partial charge in [-0.25, -0.2) is 0 Å². The third-order valence-corrected chi connectivity index (χ3v) is 3.75. The van der Waals surface area contributed by atoms with Gasteiger partial charge in [0.2, 0.25) is 0 Å². The third kappa shape index (κ3) is 4.11. The van der Waals surface area contributed by atoms with Gasteiger partial charge >= 0.3 is 0 Å². The maximum absolute atomic E-state index is 10.2. The highest BCUT2D eigenvalue weighted by atomic mass is 16.3. The van der Waals surface area contributed by atoms with Crippen molar-refractivity contribution in [2.24, 2.45) is 11.3 Å². The second-order valence-electron chi connectivity index (χ2n) is 5.80. The van der Waals surface area contributed by atoms with Gasteiger partial charge in [0, 0.05) is 12.5 Å². The molecular formula is C16H26O2. The average molecular weight is 250 g/mol. The zero-order valence-electron chi connectivity index (χ0n) is 11.8. The first kappa shape index (κ1) is 15.2. The smallest absolute Gasteiger partial charge is 0.0595 e. The van der Waals surface area contributed by atoms with E-state index in [9.17, 15) is 10.2 Å². The van der Waals surface area contributed by atoms with E-state index in [0.29, 0.717) is 0 Å². The Morgan fingerprint density at radius 3 is 2.28 bits per heavy atom. The predicted molar refractivity (Wildman–Crippen MR) is 75.4 cm³/mol. The van der Waals surface area contributed by atoms with Crippen LogP contribution in [-0.4, -0.2) is 22.9 Å². The summed E-state index contributed by atoms with van der Waals surface area (Å²) in [5.74, 6) is -0.0716. The lowest BCUT2D eigenvalue weighted by molar-refractivity contribution is -0.00662. The van der Waals surface area contributed by atoms with Crippen molar-refractivity contribution in [1.29, 1.82) is 0 Å². The van der Waals surface area contributed by atoms with Crippen molar-refractivity contribution < 1.29 is 10.2 Å². The Labute approximate surface area is 111 Å². The molecule has 2 N–H and O–H groups in total. The molecule has 0 saturated carbocycles. The molecule has 0 aliphatic heterocycles. The summed E-state index contributed by atoms with van der Waals surface area (Å²) < 4.78 is 0. The van der Waals surface area contributed by atoms with Crippen molar-refractivity contribution in [1.82, 2.24) is 0 Å². The predicted octanol–water partition coefficient (Wildman–Crippen LogP) is 3.02. The second kappa shape index (κ2) is 6.91. The average Bonchev–Trinajstić information content (AvgIpc) is 2.30. The van der Waals surface area contributed by atoms with Gasteiger partial charge < -0.3 is 10.2 Å². The number of benzene rings is 1. The molecule has 2 heteroatoms. The van der Waals surface area contributed by atoms with Crippen LogP contribution in [0.3, 0.4) is 0 Å². The Morgan fingerprint density at radius 1 is 1.17 bits per heavy atom. The zero-order chi connectivity index (χ0) is 13.6. The third-order valence-electron chi connectivity index (χ3n) is 3.75. The second-order valence-corrected chi connectivity index (χ2v) is 5.80. The molecule has 1 aromatic rings. The summed E-state index contributed by atoms with van der Waals surface area (Å²) in [6.45, 7) is 6.35.